The number of rotatable bonds is 8. The van der Waals surface area contributed by atoms with Crippen molar-refractivity contribution < 1.29 is 19.4 Å². The molecule has 0 aromatic carbocycles. The van der Waals surface area contributed by atoms with E-state index < -0.39 is 12.0 Å². The van der Waals surface area contributed by atoms with Crippen molar-refractivity contribution in [3.8, 4) is 0 Å². The molecule has 2 unspecified atom stereocenters. The quantitative estimate of drug-likeness (QED) is 0.654. The molecule has 0 aliphatic heterocycles. The van der Waals surface area contributed by atoms with Crippen LogP contribution in [0.1, 0.15) is 33.1 Å². The van der Waals surface area contributed by atoms with E-state index in [1.807, 2.05) is 13.8 Å². The van der Waals surface area contributed by atoms with Gasteiger partial charge in [0.1, 0.15) is 6.04 Å². The molecule has 0 rings (SSSR count). The SMILES string of the molecule is CCC(C)CC(=O)NC(CCOC)C(=O)O. The number of carbonyl (C=O) groups is 2. The monoisotopic (exact) mass is 231 g/mol. The van der Waals surface area contributed by atoms with Crippen LogP contribution in [0.5, 0.6) is 0 Å². The summed E-state index contributed by atoms with van der Waals surface area (Å²) in [6, 6.07) is -0.850. The number of nitrogens with one attached hydrogen (secondary N) is 1. The van der Waals surface area contributed by atoms with Crippen LogP contribution in [0.15, 0.2) is 0 Å². The zero-order valence-electron chi connectivity index (χ0n) is 10.2. The van der Waals surface area contributed by atoms with Gasteiger partial charge in [-0.15, -0.1) is 0 Å². The lowest BCUT2D eigenvalue weighted by atomic mass is 10.0. The number of ether oxygens (including phenoxy) is 1. The minimum Gasteiger partial charge on any atom is -0.480 e. The number of methoxy groups -OCH3 is 1. The first-order valence-corrected chi connectivity index (χ1v) is 5.52. The Hall–Kier alpha value is -1.10. The Morgan fingerprint density at radius 1 is 1.44 bits per heavy atom. The van der Waals surface area contributed by atoms with Crippen molar-refractivity contribution in [2.24, 2.45) is 5.92 Å². The molecule has 0 aromatic rings. The maximum absolute atomic E-state index is 11.5. The third-order valence-electron chi connectivity index (χ3n) is 2.47. The lowest BCUT2D eigenvalue weighted by Crippen LogP contribution is -2.41. The van der Waals surface area contributed by atoms with Gasteiger partial charge in [0.2, 0.25) is 5.91 Å². The van der Waals surface area contributed by atoms with Crippen molar-refractivity contribution in [2.75, 3.05) is 13.7 Å². The van der Waals surface area contributed by atoms with Crippen molar-refractivity contribution in [1.29, 1.82) is 0 Å². The molecule has 5 heteroatoms. The largest absolute Gasteiger partial charge is 0.480 e. The molecule has 16 heavy (non-hydrogen) atoms. The van der Waals surface area contributed by atoms with E-state index in [1.165, 1.54) is 7.11 Å². The summed E-state index contributed by atoms with van der Waals surface area (Å²) in [6.07, 6.45) is 1.56. The molecule has 94 valence electrons. The van der Waals surface area contributed by atoms with Crippen molar-refractivity contribution in [3.63, 3.8) is 0 Å². The zero-order chi connectivity index (χ0) is 12.6. The molecule has 0 aliphatic carbocycles. The molecule has 0 saturated carbocycles. The highest BCUT2D eigenvalue weighted by molar-refractivity contribution is 5.83. The fourth-order valence-electron chi connectivity index (χ4n) is 1.21. The number of carbonyl (C=O) groups excluding carboxylic acids is 1. The van der Waals surface area contributed by atoms with Gasteiger partial charge in [-0.1, -0.05) is 20.3 Å². The highest BCUT2D eigenvalue weighted by Crippen LogP contribution is 2.06. The Bertz CT molecular complexity index is 230. The van der Waals surface area contributed by atoms with Crippen molar-refractivity contribution in [1.82, 2.24) is 5.32 Å². The van der Waals surface area contributed by atoms with Crippen LogP contribution in [0, 0.1) is 5.92 Å². The van der Waals surface area contributed by atoms with E-state index >= 15 is 0 Å². The molecule has 0 heterocycles. The molecule has 0 radical (unpaired) electrons. The highest BCUT2D eigenvalue weighted by atomic mass is 16.5. The smallest absolute Gasteiger partial charge is 0.326 e. The van der Waals surface area contributed by atoms with E-state index in [0.29, 0.717) is 13.0 Å². The van der Waals surface area contributed by atoms with Crippen LogP contribution in [-0.4, -0.2) is 36.7 Å². The summed E-state index contributed by atoms with van der Waals surface area (Å²) in [5, 5.41) is 11.4. The van der Waals surface area contributed by atoms with E-state index in [0.717, 1.165) is 6.42 Å². The Morgan fingerprint density at radius 3 is 2.50 bits per heavy atom. The van der Waals surface area contributed by atoms with Gasteiger partial charge in [0.25, 0.3) is 0 Å². The molecule has 0 bridgehead atoms. The fourth-order valence-corrected chi connectivity index (χ4v) is 1.21. The van der Waals surface area contributed by atoms with Crippen LogP contribution in [0.2, 0.25) is 0 Å². The predicted octanol–water partition coefficient (Wildman–Crippen LogP) is 1.03. The van der Waals surface area contributed by atoms with Gasteiger partial charge in [0, 0.05) is 26.6 Å². The summed E-state index contributed by atoms with van der Waals surface area (Å²) in [5.74, 6) is -0.954. The van der Waals surface area contributed by atoms with Gasteiger partial charge in [-0.2, -0.15) is 0 Å². The second-order valence-electron chi connectivity index (χ2n) is 3.96. The Labute approximate surface area is 96.2 Å². The molecular weight excluding hydrogens is 210 g/mol. The van der Waals surface area contributed by atoms with Crippen LogP contribution >= 0.6 is 0 Å². The summed E-state index contributed by atoms with van der Waals surface area (Å²) in [5.41, 5.74) is 0. The normalized spacial score (nSPS) is 14.2. The summed E-state index contributed by atoms with van der Waals surface area (Å²) in [4.78, 5) is 22.3. The second-order valence-corrected chi connectivity index (χ2v) is 3.96. The summed E-state index contributed by atoms with van der Waals surface area (Å²) in [6.45, 7) is 4.28. The Kier molecular flexibility index (Phi) is 7.54. The fraction of sp³-hybridized carbons (Fsp3) is 0.818. The number of carboxylic acids is 1. The summed E-state index contributed by atoms with van der Waals surface area (Å²) in [7, 11) is 1.50. The first kappa shape index (κ1) is 14.9. The number of carboxylic acid groups (broad SMARTS) is 1. The first-order valence-electron chi connectivity index (χ1n) is 5.52. The molecule has 1 amide bonds. The van der Waals surface area contributed by atoms with Crippen molar-refractivity contribution in [3.05, 3.63) is 0 Å². The average Bonchev–Trinajstić information content (AvgIpc) is 2.23. The lowest BCUT2D eigenvalue weighted by Gasteiger charge is -2.15. The van der Waals surface area contributed by atoms with Crippen molar-refractivity contribution in [2.45, 2.75) is 39.2 Å². The van der Waals surface area contributed by atoms with Gasteiger partial charge in [-0.05, 0) is 5.92 Å². The van der Waals surface area contributed by atoms with Gasteiger partial charge in [-0.3, -0.25) is 4.79 Å². The van der Waals surface area contributed by atoms with Crippen LogP contribution < -0.4 is 5.32 Å². The molecule has 2 N–H and O–H groups in total. The first-order chi connectivity index (χ1) is 7.51. The minimum atomic E-state index is -1.02. The van der Waals surface area contributed by atoms with Gasteiger partial charge in [0.15, 0.2) is 0 Å². The van der Waals surface area contributed by atoms with Gasteiger partial charge < -0.3 is 15.2 Å². The van der Waals surface area contributed by atoms with Crippen LogP contribution in [0.3, 0.4) is 0 Å². The molecule has 0 fully saturated rings. The van der Waals surface area contributed by atoms with Crippen LogP contribution in [0.25, 0.3) is 0 Å². The number of amides is 1. The average molecular weight is 231 g/mol. The predicted molar refractivity (Wildman–Crippen MR) is 60.1 cm³/mol. The maximum atomic E-state index is 11.5. The topological polar surface area (TPSA) is 75.6 Å². The second kappa shape index (κ2) is 8.10. The number of hydrogen-bond donors (Lipinski definition) is 2. The number of aliphatic carboxylic acids is 1. The Balaban J connectivity index is 4.07. The summed E-state index contributed by atoms with van der Waals surface area (Å²) < 4.78 is 4.79. The van der Waals surface area contributed by atoms with Crippen LogP contribution in [-0.2, 0) is 14.3 Å². The summed E-state index contributed by atoms with van der Waals surface area (Å²) >= 11 is 0. The van der Waals surface area contributed by atoms with E-state index in [1.54, 1.807) is 0 Å². The van der Waals surface area contributed by atoms with Gasteiger partial charge in [0.05, 0.1) is 0 Å². The highest BCUT2D eigenvalue weighted by Gasteiger charge is 2.20. The maximum Gasteiger partial charge on any atom is 0.326 e. The lowest BCUT2D eigenvalue weighted by molar-refractivity contribution is -0.142. The molecule has 5 nitrogen and oxygen atoms in total. The van der Waals surface area contributed by atoms with Crippen LogP contribution in [0.4, 0.5) is 0 Å². The van der Waals surface area contributed by atoms with E-state index in [-0.39, 0.29) is 18.2 Å². The van der Waals surface area contributed by atoms with E-state index in [2.05, 4.69) is 5.32 Å². The molecule has 0 saturated heterocycles. The Morgan fingerprint density at radius 2 is 2.06 bits per heavy atom. The number of hydrogen-bond acceptors (Lipinski definition) is 3. The standard InChI is InChI=1S/C11H21NO4/c1-4-8(2)7-10(13)12-9(11(14)15)5-6-16-3/h8-9H,4-7H2,1-3H3,(H,12,13)(H,14,15). The van der Waals surface area contributed by atoms with E-state index in [9.17, 15) is 9.59 Å². The third-order valence-corrected chi connectivity index (χ3v) is 2.47. The molecule has 0 aliphatic rings. The van der Waals surface area contributed by atoms with Gasteiger partial charge >= 0.3 is 5.97 Å². The van der Waals surface area contributed by atoms with E-state index in [4.69, 9.17) is 9.84 Å². The van der Waals surface area contributed by atoms with Crippen molar-refractivity contribution >= 4 is 11.9 Å². The van der Waals surface area contributed by atoms with Gasteiger partial charge in [-0.25, -0.2) is 4.79 Å². The molecular formula is C11H21NO4. The molecule has 0 spiro atoms. The molecule has 0 aromatic heterocycles. The molecule has 2 atom stereocenters. The minimum absolute atomic E-state index is 0.210. The third kappa shape index (κ3) is 6.40. The zero-order valence-corrected chi connectivity index (χ0v) is 10.2.